The summed E-state index contributed by atoms with van der Waals surface area (Å²) in [5, 5.41) is 3.52. The Kier molecular flexibility index (Phi) is 12.7. The molecule has 4 aromatic rings. The van der Waals surface area contributed by atoms with E-state index in [-0.39, 0.29) is 18.1 Å². The molecule has 2 amide bonds. The number of fused-ring (bicyclic) bond motifs is 1. The summed E-state index contributed by atoms with van der Waals surface area (Å²) in [6.45, 7) is 16.3. The molecule has 0 spiro atoms. The van der Waals surface area contributed by atoms with Gasteiger partial charge in [-0.3, -0.25) is 14.7 Å². The second kappa shape index (κ2) is 16.8. The van der Waals surface area contributed by atoms with Gasteiger partial charge in [0.2, 0.25) is 5.91 Å². The Morgan fingerprint density at radius 1 is 1.02 bits per heavy atom. The van der Waals surface area contributed by atoms with E-state index >= 15 is 4.39 Å². The van der Waals surface area contributed by atoms with Gasteiger partial charge in [-0.25, -0.2) is 14.2 Å². The lowest BCUT2D eigenvalue weighted by Gasteiger charge is -2.36. The van der Waals surface area contributed by atoms with Crippen molar-refractivity contribution in [1.82, 2.24) is 29.7 Å². The number of hydrogen-bond donors (Lipinski definition) is 1. The molecule has 11 nitrogen and oxygen atoms in total. The highest BCUT2D eigenvalue weighted by atomic mass is 127. The number of nitrogens with one attached hydrogen (secondary N) is 1. The number of amides is 2. The Hall–Kier alpha value is -3.60. The number of piperazine rings is 1. The maximum atomic E-state index is 15.7. The van der Waals surface area contributed by atoms with Crippen LogP contribution in [0.3, 0.4) is 0 Å². The SMILES string of the molecule is CC(C)(C)OC(=O)N[C@@H](Cc1ccc(Oc2ccnc3c2c(I)cn3COCC[Si](C)(C)C)c(F)c1)C(=O)N1CCN(Cc2ccccn2)CC1. The van der Waals surface area contributed by atoms with Crippen LogP contribution in [0, 0.1) is 9.39 Å². The van der Waals surface area contributed by atoms with Gasteiger partial charge in [0.1, 0.15) is 29.8 Å². The largest absolute Gasteiger partial charge is 0.453 e. The van der Waals surface area contributed by atoms with Crippen molar-refractivity contribution >= 4 is 53.7 Å². The van der Waals surface area contributed by atoms with E-state index in [4.69, 9.17) is 14.2 Å². The zero-order valence-electron chi connectivity index (χ0n) is 30.2. The van der Waals surface area contributed by atoms with E-state index in [0.29, 0.717) is 63.0 Å². The average molecular weight is 831 g/mol. The second-order valence-electron chi connectivity index (χ2n) is 15.0. The van der Waals surface area contributed by atoms with Crippen LogP contribution in [-0.4, -0.2) is 88.8 Å². The lowest BCUT2D eigenvalue weighted by molar-refractivity contribution is -0.135. The topological polar surface area (TPSA) is 111 Å². The molecule has 1 atom stereocenters. The second-order valence-corrected chi connectivity index (χ2v) is 21.8. The summed E-state index contributed by atoms with van der Waals surface area (Å²) in [7, 11) is -1.21. The molecule has 0 saturated carbocycles. The van der Waals surface area contributed by atoms with E-state index in [9.17, 15) is 9.59 Å². The molecule has 1 N–H and O–H groups in total. The molecule has 1 saturated heterocycles. The molecule has 1 aliphatic heterocycles. The highest BCUT2D eigenvalue weighted by Gasteiger charge is 2.31. The van der Waals surface area contributed by atoms with Crippen molar-refractivity contribution in [3.05, 3.63) is 81.7 Å². The van der Waals surface area contributed by atoms with Gasteiger partial charge < -0.3 is 29.0 Å². The third-order valence-corrected chi connectivity index (χ3v) is 10.9. The fourth-order valence-corrected chi connectivity index (χ4v) is 7.29. The number of hydrogen-bond acceptors (Lipinski definition) is 8. The molecule has 4 heterocycles. The number of carbonyl (C=O) groups is 2. The molecule has 0 radical (unpaired) electrons. The Morgan fingerprint density at radius 2 is 1.78 bits per heavy atom. The molecule has 0 aliphatic carbocycles. The monoisotopic (exact) mass is 830 g/mol. The molecular formula is C37H48FIN6O5Si. The van der Waals surface area contributed by atoms with Gasteiger partial charge in [0.15, 0.2) is 11.6 Å². The zero-order chi connectivity index (χ0) is 36.8. The van der Waals surface area contributed by atoms with Gasteiger partial charge in [-0.05, 0) is 85.3 Å². The lowest BCUT2D eigenvalue weighted by Crippen LogP contribution is -2.55. The number of rotatable bonds is 13. The minimum absolute atomic E-state index is 0.0354. The fourth-order valence-electron chi connectivity index (χ4n) is 5.69. The van der Waals surface area contributed by atoms with Crippen molar-refractivity contribution < 1.29 is 28.2 Å². The van der Waals surface area contributed by atoms with Crippen LogP contribution < -0.4 is 10.1 Å². The van der Waals surface area contributed by atoms with E-state index in [2.05, 4.69) is 62.4 Å². The van der Waals surface area contributed by atoms with Crippen LogP contribution >= 0.6 is 22.6 Å². The Morgan fingerprint density at radius 3 is 2.45 bits per heavy atom. The van der Waals surface area contributed by atoms with Crippen LogP contribution in [-0.2, 0) is 34.0 Å². The summed E-state index contributed by atoms with van der Waals surface area (Å²) in [5.41, 5.74) is 1.43. The van der Waals surface area contributed by atoms with Crippen LogP contribution in [0.5, 0.6) is 11.5 Å². The number of ether oxygens (including phenoxy) is 3. The van der Waals surface area contributed by atoms with Crippen LogP contribution in [0.1, 0.15) is 32.0 Å². The summed E-state index contributed by atoms with van der Waals surface area (Å²) in [6, 6.07) is 12.2. The number of pyridine rings is 2. The molecule has 0 unspecified atom stereocenters. The molecule has 1 aliphatic rings. The molecule has 1 fully saturated rings. The van der Waals surface area contributed by atoms with Gasteiger partial charge in [-0.15, -0.1) is 0 Å². The maximum absolute atomic E-state index is 15.7. The Balaban J connectivity index is 1.27. The van der Waals surface area contributed by atoms with Crippen molar-refractivity contribution in [2.45, 2.75) is 77.8 Å². The molecule has 5 rings (SSSR count). The molecule has 274 valence electrons. The van der Waals surface area contributed by atoms with Gasteiger partial charge in [0.25, 0.3) is 0 Å². The lowest BCUT2D eigenvalue weighted by atomic mass is 10.0. The summed E-state index contributed by atoms with van der Waals surface area (Å²) < 4.78 is 36.1. The number of nitrogens with zero attached hydrogens (tertiary/aromatic N) is 5. The smallest absolute Gasteiger partial charge is 0.408 e. The number of halogens is 2. The van der Waals surface area contributed by atoms with Crippen LogP contribution in [0.25, 0.3) is 11.0 Å². The van der Waals surface area contributed by atoms with Crippen LogP contribution in [0.4, 0.5) is 9.18 Å². The van der Waals surface area contributed by atoms with Crippen molar-refractivity contribution in [2.75, 3.05) is 32.8 Å². The van der Waals surface area contributed by atoms with Crippen molar-refractivity contribution in [3.63, 3.8) is 0 Å². The molecule has 0 bridgehead atoms. The van der Waals surface area contributed by atoms with E-state index in [1.807, 2.05) is 29.0 Å². The highest BCUT2D eigenvalue weighted by Crippen LogP contribution is 2.35. The average Bonchev–Trinajstić information content (AvgIpc) is 3.39. The third kappa shape index (κ3) is 11.2. The number of benzene rings is 1. The maximum Gasteiger partial charge on any atom is 0.408 e. The van der Waals surface area contributed by atoms with E-state index in [1.165, 1.54) is 6.07 Å². The van der Waals surface area contributed by atoms with Crippen molar-refractivity contribution in [2.24, 2.45) is 0 Å². The predicted molar refractivity (Wildman–Crippen MR) is 206 cm³/mol. The van der Waals surface area contributed by atoms with Crippen molar-refractivity contribution in [1.29, 1.82) is 0 Å². The normalized spacial score (nSPS) is 14.8. The minimum atomic E-state index is -1.21. The van der Waals surface area contributed by atoms with Gasteiger partial charge in [-0.1, -0.05) is 31.8 Å². The summed E-state index contributed by atoms with van der Waals surface area (Å²) >= 11 is 2.23. The summed E-state index contributed by atoms with van der Waals surface area (Å²) in [5.74, 6) is -0.332. The first kappa shape index (κ1) is 38.6. The predicted octanol–water partition coefficient (Wildman–Crippen LogP) is 7.06. The number of alkyl carbamates (subject to hydrolysis) is 1. The summed E-state index contributed by atoms with van der Waals surface area (Å²) in [4.78, 5) is 39.6. The van der Waals surface area contributed by atoms with Gasteiger partial charge in [0, 0.05) is 76.0 Å². The molecule has 14 heteroatoms. The van der Waals surface area contributed by atoms with E-state index in [0.717, 1.165) is 20.7 Å². The number of carbonyl (C=O) groups excluding carboxylic acids is 2. The van der Waals surface area contributed by atoms with Gasteiger partial charge in [0.05, 0.1) is 11.1 Å². The van der Waals surface area contributed by atoms with E-state index in [1.54, 1.807) is 56.3 Å². The molecule has 51 heavy (non-hydrogen) atoms. The standard InChI is InChI=1S/C37H48FIN6O5Si/c1-37(2,3)50-36(47)42-30(35(46)44-17-15-43(16-18-44)23-27-9-7-8-13-40-27)22-26-10-11-31(28(38)21-26)49-32-12-14-41-34-33(32)29(39)24-45(34)25-48-19-20-51(4,5)6/h7-14,21,24,30H,15-20,22-23,25H2,1-6H3,(H,42,47)/t30-/m0/s1. The first-order chi connectivity index (χ1) is 24.1. The van der Waals surface area contributed by atoms with Crippen molar-refractivity contribution in [3.8, 4) is 11.5 Å². The van der Waals surface area contributed by atoms with Crippen LogP contribution in [0.15, 0.2) is 61.1 Å². The molecule has 1 aromatic carbocycles. The minimum Gasteiger partial charge on any atom is -0.453 e. The Bertz CT molecular complexity index is 1800. The zero-order valence-corrected chi connectivity index (χ0v) is 33.4. The first-order valence-corrected chi connectivity index (χ1v) is 22.0. The Labute approximate surface area is 314 Å². The third-order valence-electron chi connectivity index (χ3n) is 8.34. The first-order valence-electron chi connectivity index (χ1n) is 17.2. The summed E-state index contributed by atoms with van der Waals surface area (Å²) in [6.07, 6.45) is 4.72. The fraction of sp³-hybridized carbons (Fsp3) is 0.459. The molecular weight excluding hydrogens is 782 g/mol. The van der Waals surface area contributed by atoms with Gasteiger partial charge >= 0.3 is 6.09 Å². The molecule has 3 aromatic heterocycles. The van der Waals surface area contributed by atoms with Gasteiger partial charge in [-0.2, -0.15) is 0 Å². The highest BCUT2D eigenvalue weighted by molar-refractivity contribution is 14.1. The van der Waals surface area contributed by atoms with Crippen LogP contribution in [0.2, 0.25) is 25.7 Å². The van der Waals surface area contributed by atoms with E-state index < -0.39 is 31.6 Å². The quantitative estimate of drug-likeness (QED) is 0.0867. The number of aromatic nitrogens is 3.